The van der Waals surface area contributed by atoms with E-state index in [1.54, 1.807) is 0 Å². The minimum atomic E-state index is -3.94. The van der Waals surface area contributed by atoms with Crippen molar-refractivity contribution < 1.29 is 57.1 Å². The number of hydrogen-bond donors (Lipinski definition) is 0. The van der Waals surface area contributed by atoms with E-state index in [4.69, 9.17) is 0 Å². The zero-order chi connectivity index (χ0) is 25.8. The molecule has 0 nitrogen and oxygen atoms in total. The standard InChI is InChI=1S/C12F10.C7H14F3P/c13-3-1(4(14)8(18)11(21)7(3)17)2-5(15)9(19)12(22)10(20)6(2)16;1-3-4-6(2)5-11-7(8,9)10/h;6,11H,3-5H2,1-2H3. The fourth-order valence-electron chi connectivity index (χ4n) is 2.53. The van der Waals surface area contributed by atoms with Gasteiger partial charge in [0, 0.05) is 0 Å². The first kappa shape index (κ1) is 29.0. The predicted octanol–water partition coefficient (Wildman–Crippen LogP) is 8.37. The van der Waals surface area contributed by atoms with Crippen LogP contribution in [0.5, 0.6) is 0 Å². The van der Waals surface area contributed by atoms with E-state index < -0.39 is 83.8 Å². The lowest BCUT2D eigenvalue weighted by Crippen LogP contribution is -2.10. The molecule has 0 bridgehead atoms. The maximum absolute atomic E-state index is 13.4. The van der Waals surface area contributed by atoms with Crippen LogP contribution >= 0.6 is 8.58 Å². The average Bonchev–Trinajstić information content (AvgIpc) is 2.74. The van der Waals surface area contributed by atoms with E-state index in [1.807, 2.05) is 13.8 Å². The van der Waals surface area contributed by atoms with E-state index in [0.717, 1.165) is 12.8 Å². The van der Waals surface area contributed by atoms with Crippen LogP contribution in [0, 0.1) is 64.1 Å². The Bertz CT molecular complexity index is 875. The topological polar surface area (TPSA) is 0 Å². The molecule has 2 aromatic rings. The number of halogens is 13. The number of hydrogen-bond acceptors (Lipinski definition) is 0. The lowest BCUT2D eigenvalue weighted by Gasteiger charge is -2.11. The Morgan fingerprint density at radius 2 is 0.848 bits per heavy atom. The van der Waals surface area contributed by atoms with Gasteiger partial charge in [0.15, 0.2) is 46.5 Å². The number of benzene rings is 2. The van der Waals surface area contributed by atoms with Gasteiger partial charge in [0.2, 0.25) is 11.6 Å². The summed E-state index contributed by atoms with van der Waals surface area (Å²) in [5.74, 6) is -30.4. The van der Waals surface area contributed by atoms with Crippen LogP contribution in [-0.4, -0.2) is 12.1 Å². The van der Waals surface area contributed by atoms with Gasteiger partial charge in [0.1, 0.15) is 0 Å². The first-order chi connectivity index (χ1) is 15.1. The van der Waals surface area contributed by atoms with Crippen LogP contribution in [-0.2, 0) is 0 Å². The molecule has 0 radical (unpaired) electrons. The molecule has 0 aliphatic heterocycles. The zero-order valence-electron chi connectivity index (χ0n) is 16.6. The summed E-state index contributed by atoms with van der Waals surface area (Å²) in [6.07, 6.45) is 2.18. The molecular formula is C19H14F13P. The van der Waals surface area contributed by atoms with Crippen LogP contribution in [0.4, 0.5) is 57.1 Å². The Balaban J connectivity index is 0.000000420. The van der Waals surface area contributed by atoms with E-state index in [1.165, 1.54) is 0 Å². The van der Waals surface area contributed by atoms with E-state index >= 15 is 0 Å². The highest BCUT2D eigenvalue weighted by atomic mass is 31.1. The quantitative estimate of drug-likeness (QED) is 0.161. The molecule has 0 aliphatic rings. The third-order valence-corrected chi connectivity index (χ3v) is 5.40. The highest BCUT2D eigenvalue weighted by Crippen LogP contribution is 2.38. The van der Waals surface area contributed by atoms with Gasteiger partial charge < -0.3 is 0 Å². The minimum Gasteiger partial charge on any atom is -0.203 e. The van der Waals surface area contributed by atoms with E-state index in [9.17, 15) is 57.1 Å². The van der Waals surface area contributed by atoms with Gasteiger partial charge in [-0.25, -0.2) is 43.9 Å². The van der Waals surface area contributed by atoms with E-state index in [-0.39, 0.29) is 5.92 Å². The highest BCUT2D eigenvalue weighted by molar-refractivity contribution is 7.39. The van der Waals surface area contributed by atoms with Crippen molar-refractivity contribution in [2.24, 2.45) is 5.92 Å². The molecule has 2 rings (SSSR count). The van der Waals surface area contributed by atoms with Crippen molar-refractivity contribution in [2.75, 3.05) is 6.16 Å². The molecule has 0 saturated carbocycles. The number of alkyl halides is 3. The summed E-state index contributed by atoms with van der Waals surface area (Å²) >= 11 is 0. The monoisotopic (exact) mass is 520 g/mol. The summed E-state index contributed by atoms with van der Waals surface area (Å²) < 4.78 is 166. The second kappa shape index (κ2) is 11.4. The first-order valence-corrected chi connectivity index (χ1v) is 10.1. The molecule has 2 unspecified atom stereocenters. The van der Waals surface area contributed by atoms with Crippen LogP contribution in [0.3, 0.4) is 0 Å². The normalized spacial score (nSPS) is 12.8. The second-order valence-corrected chi connectivity index (χ2v) is 7.99. The van der Waals surface area contributed by atoms with Crippen molar-refractivity contribution in [3.8, 4) is 11.1 Å². The molecule has 0 aliphatic carbocycles. The van der Waals surface area contributed by atoms with Crippen LogP contribution in [0.2, 0.25) is 0 Å². The highest BCUT2D eigenvalue weighted by Gasteiger charge is 2.34. The summed E-state index contributed by atoms with van der Waals surface area (Å²) in [5.41, 5.74) is -4.52. The summed E-state index contributed by atoms with van der Waals surface area (Å²) in [7, 11) is -0.868. The van der Waals surface area contributed by atoms with E-state index in [0.29, 0.717) is 6.16 Å². The van der Waals surface area contributed by atoms with Gasteiger partial charge in [-0.3, -0.25) is 0 Å². The smallest absolute Gasteiger partial charge is 0.203 e. The van der Waals surface area contributed by atoms with Gasteiger partial charge in [0.25, 0.3) is 0 Å². The Kier molecular flexibility index (Phi) is 10.0. The van der Waals surface area contributed by atoms with Crippen molar-refractivity contribution in [2.45, 2.75) is 32.6 Å². The molecule has 0 N–H and O–H groups in total. The van der Waals surface area contributed by atoms with Crippen molar-refractivity contribution in [1.29, 1.82) is 0 Å². The average molecular weight is 520 g/mol. The minimum absolute atomic E-state index is 0.222. The molecule has 0 amide bonds. The fraction of sp³-hybridized carbons (Fsp3) is 0.368. The molecule has 186 valence electrons. The van der Waals surface area contributed by atoms with Gasteiger partial charge in [-0.15, -0.1) is 0 Å². The second-order valence-electron chi connectivity index (χ2n) is 6.66. The predicted molar refractivity (Wildman–Crippen MR) is 94.8 cm³/mol. The summed E-state index contributed by atoms with van der Waals surface area (Å²) in [5, 5.41) is 0. The van der Waals surface area contributed by atoms with Crippen LogP contribution in [0.25, 0.3) is 11.1 Å². The Morgan fingerprint density at radius 3 is 1.09 bits per heavy atom. The molecule has 14 heteroatoms. The van der Waals surface area contributed by atoms with Gasteiger partial charge in [-0.1, -0.05) is 26.7 Å². The SMILES string of the molecule is CCCC(C)CPC(F)(F)F.Fc1c(F)c(F)c(-c2c(F)c(F)c(F)c(F)c2F)c(F)c1F. The van der Waals surface area contributed by atoms with Crippen molar-refractivity contribution in [3.05, 3.63) is 58.2 Å². The molecule has 0 aromatic heterocycles. The van der Waals surface area contributed by atoms with Gasteiger partial charge in [0.05, 0.1) is 11.1 Å². The summed E-state index contributed by atoms with van der Waals surface area (Å²) in [6, 6.07) is 0. The van der Waals surface area contributed by atoms with Gasteiger partial charge in [-0.2, -0.15) is 13.2 Å². The van der Waals surface area contributed by atoms with Crippen LogP contribution in [0.15, 0.2) is 0 Å². The Hall–Kier alpha value is -2.04. The molecule has 0 saturated heterocycles. The first-order valence-electron chi connectivity index (χ1n) is 8.91. The molecule has 33 heavy (non-hydrogen) atoms. The molecule has 0 fully saturated rings. The third kappa shape index (κ3) is 6.74. The largest absolute Gasteiger partial charge is 0.402 e. The fourth-order valence-corrected chi connectivity index (χ4v) is 3.32. The lowest BCUT2D eigenvalue weighted by molar-refractivity contribution is -0.0373. The third-order valence-electron chi connectivity index (χ3n) is 4.10. The molecular weight excluding hydrogens is 506 g/mol. The summed E-state index contributed by atoms with van der Waals surface area (Å²) in [6.45, 7) is 3.87. The van der Waals surface area contributed by atoms with E-state index in [2.05, 4.69) is 0 Å². The van der Waals surface area contributed by atoms with Crippen molar-refractivity contribution in [3.63, 3.8) is 0 Å². The molecule has 2 atom stereocenters. The Morgan fingerprint density at radius 1 is 0.576 bits per heavy atom. The van der Waals surface area contributed by atoms with Crippen LogP contribution in [0.1, 0.15) is 26.7 Å². The Labute approximate surface area is 180 Å². The number of rotatable bonds is 5. The van der Waals surface area contributed by atoms with Gasteiger partial charge >= 0.3 is 5.92 Å². The van der Waals surface area contributed by atoms with Crippen LogP contribution < -0.4 is 0 Å². The maximum atomic E-state index is 13.4. The van der Waals surface area contributed by atoms with Gasteiger partial charge in [-0.05, 0) is 20.7 Å². The van der Waals surface area contributed by atoms with Crippen molar-refractivity contribution in [1.82, 2.24) is 0 Å². The lowest BCUT2D eigenvalue weighted by atomic mass is 10.0. The maximum Gasteiger partial charge on any atom is 0.402 e. The zero-order valence-corrected chi connectivity index (χ0v) is 17.6. The molecule has 0 spiro atoms. The van der Waals surface area contributed by atoms with Crippen molar-refractivity contribution >= 4 is 8.58 Å². The molecule has 2 aromatic carbocycles. The summed E-state index contributed by atoms with van der Waals surface area (Å²) in [4.78, 5) is 0. The molecule has 0 heterocycles.